The molecule has 7 nitrogen and oxygen atoms in total. The molecule has 0 aliphatic heterocycles. The van der Waals surface area contributed by atoms with Crippen molar-refractivity contribution in [3.05, 3.63) is 76.1 Å². The van der Waals surface area contributed by atoms with E-state index in [9.17, 15) is 9.59 Å². The lowest BCUT2D eigenvalue weighted by atomic mass is 10.1. The van der Waals surface area contributed by atoms with Crippen LogP contribution in [-0.2, 0) is 11.2 Å². The normalized spacial score (nSPS) is 10.9. The SMILES string of the molecule is COc1cc(CCC(=O)Nc2ccc3oc(-c4ccccc4C)cc(=O)c3c2)on1. The molecule has 1 amide bonds. The highest BCUT2D eigenvalue weighted by Gasteiger charge is 2.12. The first-order valence-corrected chi connectivity index (χ1v) is 9.47. The number of hydrogen-bond acceptors (Lipinski definition) is 6. The lowest BCUT2D eigenvalue weighted by molar-refractivity contribution is -0.116. The van der Waals surface area contributed by atoms with Gasteiger partial charge in [0, 0.05) is 36.2 Å². The fraction of sp³-hybridized carbons (Fsp3) is 0.174. The molecule has 2 aromatic carbocycles. The number of nitrogens with zero attached hydrogens (tertiary/aromatic N) is 1. The van der Waals surface area contributed by atoms with Gasteiger partial charge in [-0.25, -0.2) is 0 Å². The standard InChI is InChI=1S/C23H20N2O5/c1-14-5-3-4-6-17(14)21-13-19(26)18-11-15(7-9-20(18)29-21)24-22(27)10-8-16-12-23(28-2)25-30-16/h3-7,9,11-13H,8,10H2,1-2H3,(H,24,27). The van der Waals surface area contributed by atoms with E-state index in [4.69, 9.17) is 13.7 Å². The maximum atomic E-state index is 12.7. The van der Waals surface area contributed by atoms with Crippen LogP contribution in [0.4, 0.5) is 5.69 Å². The van der Waals surface area contributed by atoms with Crippen LogP contribution < -0.4 is 15.5 Å². The second-order valence-corrected chi connectivity index (χ2v) is 6.88. The van der Waals surface area contributed by atoms with E-state index in [1.54, 1.807) is 24.3 Å². The van der Waals surface area contributed by atoms with E-state index in [2.05, 4.69) is 10.5 Å². The lowest BCUT2D eigenvalue weighted by Gasteiger charge is -2.08. The van der Waals surface area contributed by atoms with Crippen molar-refractivity contribution in [2.45, 2.75) is 19.8 Å². The number of methoxy groups -OCH3 is 1. The second kappa shape index (κ2) is 8.24. The average molecular weight is 404 g/mol. The number of fused-ring (bicyclic) bond motifs is 1. The molecular weight excluding hydrogens is 384 g/mol. The summed E-state index contributed by atoms with van der Waals surface area (Å²) in [6.07, 6.45) is 0.592. The van der Waals surface area contributed by atoms with Crippen molar-refractivity contribution in [3.63, 3.8) is 0 Å². The van der Waals surface area contributed by atoms with Gasteiger partial charge in [0.25, 0.3) is 5.88 Å². The fourth-order valence-electron chi connectivity index (χ4n) is 3.18. The molecule has 0 saturated heterocycles. The van der Waals surface area contributed by atoms with Gasteiger partial charge in [0.05, 0.1) is 12.5 Å². The summed E-state index contributed by atoms with van der Waals surface area (Å²) in [5.74, 6) is 1.25. The Hall–Kier alpha value is -3.87. The number of aromatic nitrogens is 1. The Morgan fingerprint density at radius 2 is 1.97 bits per heavy atom. The number of ether oxygens (including phenoxy) is 1. The molecule has 0 spiro atoms. The minimum absolute atomic E-state index is 0.167. The highest BCUT2D eigenvalue weighted by Crippen LogP contribution is 2.26. The van der Waals surface area contributed by atoms with E-state index in [1.807, 2.05) is 31.2 Å². The average Bonchev–Trinajstić information content (AvgIpc) is 3.21. The first kappa shape index (κ1) is 19.4. The van der Waals surface area contributed by atoms with Crippen LogP contribution in [0.15, 0.2) is 68.3 Å². The number of nitrogens with one attached hydrogen (secondary N) is 1. The Bertz CT molecular complexity index is 1270. The number of amides is 1. The van der Waals surface area contributed by atoms with Crippen LogP contribution in [0, 0.1) is 6.92 Å². The van der Waals surface area contributed by atoms with E-state index in [1.165, 1.54) is 13.2 Å². The van der Waals surface area contributed by atoms with Crippen LogP contribution in [0.2, 0.25) is 0 Å². The van der Waals surface area contributed by atoms with Crippen molar-refractivity contribution < 1.29 is 18.5 Å². The summed E-state index contributed by atoms with van der Waals surface area (Å²) in [5, 5.41) is 6.90. The molecule has 4 aromatic rings. The Morgan fingerprint density at radius 1 is 1.13 bits per heavy atom. The molecule has 0 atom stereocenters. The highest BCUT2D eigenvalue weighted by atomic mass is 16.5. The van der Waals surface area contributed by atoms with Crippen LogP contribution in [0.25, 0.3) is 22.3 Å². The van der Waals surface area contributed by atoms with Gasteiger partial charge >= 0.3 is 0 Å². The number of anilines is 1. The predicted molar refractivity (Wildman–Crippen MR) is 113 cm³/mol. The molecule has 0 radical (unpaired) electrons. The Kier molecular flexibility index (Phi) is 5.34. The van der Waals surface area contributed by atoms with E-state index < -0.39 is 0 Å². The molecule has 0 saturated carbocycles. The number of benzene rings is 2. The molecule has 152 valence electrons. The topological polar surface area (TPSA) is 94.6 Å². The molecule has 2 aromatic heterocycles. The molecule has 7 heteroatoms. The number of hydrogen-bond donors (Lipinski definition) is 1. The molecule has 1 N–H and O–H groups in total. The molecule has 0 fully saturated rings. The molecular formula is C23H20N2O5. The highest BCUT2D eigenvalue weighted by molar-refractivity contribution is 5.93. The molecule has 0 aliphatic carbocycles. The summed E-state index contributed by atoms with van der Waals surface area (Å²) in [4.78, 5) is 24.9. The van der Waals surface area contributed by atoms with E-state index >= 15 is 0 Å². The number of rotatable bonds is 6. The van der Waals surface area contributed by atoms with Gasteiger partial charge in [-0.05, 0) is 35.8 Å². The zero-order valence-corrected chi connectivity index (χ0v) is 16.6. The fourth-order valence-corrected chi connectivity index (χ4v) is 3.18. The van der Waals surface area contributed by atoms with Crippen molar-refractivity contribution in [3.8, 4) is 17.2 Å². The summed E-state index contributed by atoms with van der Waals surface area (Å²) < 4.78 is 16.0. The maximum absolute atomic E-state index is 12.7. The molecule has 0 bridgehead atoms. The van der Waals surface area contributed by atoms with Crippen molar-refractivity contribution in [2.75, 3.05) is 12.4 Å². The van der Waals surface area contributed by atoms with Crippen LogP contribution in [-0.4, -0.2) is 18.2 Å². The molecule has 0 aliphatic rings. The predicted octanol–water partition coefficient (Wildman–Crippen LogP) is 4.34. The number of carbonyl (C=O) groups is 1. The van der Waals surface area contributed by atoms with Gasteiger partial charge in [-0.3, -0.25) is 9.59 Å². The van der Waals surface area contributed by atoms with Gasteiger partial charge in [0.2, 0.25) is 5.91 Å². The zero-order chi connectivity index (χ0) is 21.1. The van der Waals surface area contributed by atoms with Crippen molar-refractivity contribution >= 4 is 22.6 Å². The van der Waals surface area contributed by atoms with Crippen LogP contribution in [0.1, 0.15) is 17.7 Å². The van der Waals surface area contributed by atoms with Crippen molar-refractivity contribution in [1.29, 1.82) is 0 Å². The third-order valence-electron chi connectivity index (χ3n) is 4.77. The summed E-state index contributed by atoms with van der Waals surface area (Å²) in [6.45, 7) is 1.97. The van der Waals surface area contributed by atoms with Gasteiger partial charge in [0.1, 0.15) is 17.1 Å². The van der Waals surface area contributed by atoms with E-state index in [0.29, 0.717) is 40.5 Å². The molecule has 0 unspecified atom stereocenters. The molecule has 2 heterocycles. The number of carbonyl (C=O) groups excluding carboxylic acids is 1. The molecule has 30 heavy (non-hydrogen) atoms. The third kappa shape index (κ3) is 4.10. The van der Waals surface area contributed by atoms with Crippen LogP contribution in [0.3, 0.4) is 0 Å². The monoisotopic (exact) mass is 404 g/mol. The Balaban J connectivity index is 1.51. The maximum Gasteiger partial charge on any atom is 0.254 e. The first-order chi connectivity index (χ1) is 14.5. The Morgan fingerprint density at radius 3 is 2.73 bits per heavy atom. The van der Waals surface area contributed by atoms with E-state index in [0.717, 1.165) is 11.1 Å². The largest absolute Gasteiger partial charge is 0.479 e. The van der Waals surface area contributed by atoms with Gasteiger partial charge in [0.15, 0.2) is 5.43 Å². The van der Waals surface area contributed by atoms with Gasteiger partial charge in [-0.1, -0.05) is 24.3 Å². The summed E-state index contributed by atoms with van der Waals surface area (Å²) >= 11 is 0. The van der Waals surface area contributed by atoms with E-state index in [-0.39, 0.29) is 17.8 Å². The van der Waals surface area contributed by atoms with Gasteiger partial charge in [-0.2, -0.15) is 0 Å². The number of aryl methyl sites for hydroxylation is 2. The minimum Gasteiger partial charge on any atom is -0.479 e. The third-order valence-corrected chi connectivity index (χ3v) is 4.77. The second-order valence-electron chi connectivity index (χ2n) is 6.88. The van der Waals surface area contributed by atoms with Crippen LogP contribution >= 0.6 is 0 Å². The van der Waals surface area contributed by atoms with Crippen LogP contribution in [0.5, 0.6) is 5.88 Å². The summed E-state index contributed by atoms with van der Waals surface area (Å²) in [6, 6.07) is 15.9. The zero-order valence-electron chi connectivity index (χ0n) is 16.6. The van der Waals surface area contributed by atoms with Gasteiger partial charge in [-0.15, -0.1) is 0 Å². The van der Waals surface area contributed by atoms with Crippen molar-refractivity contribution in [1.82, 2.24) is 5.16 Å². The van der Waals surface area contributed by atoms with Gasteiger partial charge < -0.3 is 19.0 Å². The summed E-state index contributed by atoms with van der Waals surface area (Å²) in [7, 11) is 1.49. The minimum atomic E-state index is -0.203. The lowest BCUT2D eigenvalue weighted by Crippen LogP contribution is -2.12. The van der Waals surface area contributed by atoms with Crippen molar-refractivity contribution in [2.24, 2.45) is 0 Å². The smallest absolute Gasteiger partial charge is 0.254 e. The molecule has 4 rings (SSSR count). The summed E-state index contributed by atoms with van der Waals surface area (Å²) in [5.41, 5.74) is 2.72. The first-order valence-electron chi connectivity index (χ1n) is 9.47. The quantitative estimate of drug-likeness (QED) is 0.514. The Labute approximate surface area is 172 Å².